The Morgan fingerprint density at radius 2 is 1.93 bits per heavy atom. The van der Waals surface area contributed by atoms with Gasteiger partial charge < -0.3 is 9.80 Å². The van der Waals surface area contributed by atoms with Crippen molar-refractivity contribution in [1.82, 2.24) is 14.5 Å². The fraction of sp³-hybridized carbons (Fsp3) is 0.500. The van der Waals surface area contributed by atoms with Crippen LogP contribution in [0.5, 0.6) is 0 Å². The number of benzene rings is 1. The van der Waals surface area contributed by atoms with Crippen LogP contribution in [0.1, 0.15) is 32.6 Å². The van der Waals surface area contributed by atoms with Crippen molar-refractivity contribution in [3.8, 4) is 0 Å². The number of fused-ring (bicyclic) bond motifs is 1. The Hall–Kier alpha value is -1.68. The lowest BCUT2D eigenvalue weighted by atomic mass is 10.1. The van der Waals surface area contributed by atoms with E-state index in [-0.39, 0.29) is 16.0 Å². The van der Waals surface area contributed by atoms with E-state index in [0.717, 1.165) is 53.8 Å². The molecule has 2 atom stereocenters. The molecular weight excluding hydrogens is 446 g/mol. The van der Waals surface area contributed by atoms with Crippen molar-refractivity contribution in [2.24, 2.45) is 0 Å². The van der Waals surface area contributed by atoms with E-state index >= 15 is 0 Å². The van der Waals surface area contributed by atoms with Gasteiger partial charge in [-0.25, -0.2) is 8.42 Å². The lowest BCUT2D eigenvalue weighted by Gasteiger charge is -2.32. The molecule has 1 aromatic carbocycles. The molecule has 0 bridgehead atoms. The van der Waals surface area contributed by atoms with Crippen molar-refractivity contribution >= 4 is 54.9 Å². The normalized spacial score (nSPS) is 21.4. The van der Waals surface area contributed by atoms with Crippen LogP contribution >= 0.6 is 22.9 Å². The highest BCUT2D eigenvalue weighted by Crippen LogP contribution is 2.31. The number of amides is 2. The summed E-state index contributed by atoms with van der Waals surface area (Å²) in [6, 6.07) is 5.31. The van der Waals surface area contributed by atoms with Crippen LogP contribution in [0.3, 0.4) is 0 Å². The lowest BCUT2D eigenvalue weighted by molar-refractivity contribution is -0.143. The Morgan fingerprint density at radius 1 is 1.20 bits per heavy atom. The molecule has 2 fully saturated rings. The number of nitrogens with zero attached hydrogens (tertiary/aromatic N) is 2. The minimum atomic E-state index is -3.86. The lowest BCUT2D eigenvalue weighted by Crippen LogP contribution is -2.51. The molecule has 4 rings (SSSR count). The van der Waals surface area contributed by atoms with Crippen LogP contribution in [-0.4, -0.2) is 61.7 Å². The molecule has 0 saturated carbocycles. The fourth-order valence-electron chi connectivity index (χ4n) is 4.08. The van der Waals surface area contributed by atoms with Crippen LogP contribution in [0.25, 0.3) is 10.1 Å². The number of hydrogen-bond donors (Lipinski definition) is 1. The molecule has 7 nitrogen and oxygen atoms in total. The minimum Gasteiger partial charge on any atom is -0.341 e. The van der Waals surface area contributed by atoms with Crippen LogP contribution < -0.4 is 4.72 Å². The number of likely N-dealkylation sites (tertiary alicyclic amines) is 2. The first-order valence-corrected chi connectivity index (χ1v) is 12.7. The van der Waals surface area contributed by atoms with Gasteiger partial charge in [-0.15, -0.1) is 11.3 Å². The molecule has 1 aromatic heterocycles. The molecule has 3 heterocycles. The van der Waals surface area contributed by atoms with Crippen LogP contribution in [0.4, 0.5) is 0 Å². The smallest absolute Gasteiger partial charge is 0.250 e. The predicted molar refractivity (Wildman–Crippen MR) is 117 cm³/mol. The largest absolute Gasteiger partial charge is 0.341 e. The predicted octanol–water partition coefficient (Wildman–Crippen LogP) is 2.83. The van der Waals surface area contributed by atoms with Crippen LogP contribution in [0.2, 0.25) is 5.02 Å². The summed E-state index contributed by atoms with van der Waals surface area (Å²) in [7, 11) is -3.86. The SMILES string of the molecule is C[C@@H](C(=O)N1CCCCC1)N1CC[C@H](NS(=O)(=O)c2cc3cc(Cl)ccc3s2)C1=O. The van der Waals surface area contributed by atoms with Crippen molar-refractivity contribution in [2.45, 2.75) is 48.9 Å². The zero-order valence-electron chi connectivity index (χ0n) is 16.6. The Morgan fingerprint density at radius 3 is 2.67 bits per heavy atom. The number of sulfonamides is 1. The Labute approximate surface area is 185 Å². The van der Waals surface area contributed by atoms with E-state index in [0.29, 0.717) is 18.0 Å². The van der Waals surface area contributed by atoms with E-state index in [1.165, 1.54) is 4.90 Å². The number of thiophene rings is 1. The van der Waals surface area contributed by atoms with Gasteiger partial charge in [0.2, 0.25) is 11.8 Å². The molecule has 10 heteroatoms. The van der Waals surface area contributed by atoms with Gasteiger partial charge in [0.15, 0.2) is 0 Å². The maximum Gasteiger partial charge on any atom is 0.250 e. The third-order valence-corrected chi connectivity index (χ3v) is 9.05. The summed E-state index contributed by atoms with van der Waals surface area (Å²) in [6.45, 7) is 3.52. The first-order valence-electron chi connectivity index (χ1n) is 10.1. The van der Waals surface area contributed by atoms with Gasteiger partial charge in [-0.05, 0) is 62.3 Å². The maximum atomic E-state index is 12.9. The molecule has 1 N–H and O–H groups in total. The van der Waals surface area contributed by atoms with Gasteiger partial charge >= 0.3 is 0 Å². The topological polar surface area (TPSA) is 86.8 Å². The van der Waals surface area contributed by atoms with Crippen LogP contribution in [0.15, 0.2) is 28.5 Å². The molecule has 2 aromatic rings. The second-order valence-corrected chi connectivity index (χ2v) is 11.3. The van der Waals surface area contributed by atoms with Crippen molar-refractivity contribution < 1.29 is 18.0 Å². The minimum absolute atomic E-state index is 0.0621. The number of nitrogens with one attached hydrogen (secondary N) is 1. The Bertz CT molecular complexity index is 1080. The second kappa shape index (κ2) is 8.45. The summed E-state index contributed by atoms with van der Waals surface area (Å²) < 4.78 is 29.2. The van der Waals surface area contributed by atoms with Gasteiger partial charge in [-0.2, -0.15) is 4.72 Å². The van der Waals surface area contributed by atoms with E-state index in [2.05, 4.69) is 4.72 Å². The zero-order chi connectivity index (χ0) is 21.5. The number of piperidine rings is 1. The summed E-state index contributed by atoms with van der Waals surface area (Å²) in [6.07, 6.45) is 3.42. The number of hydrogen-bond acceptors (Lipinski definition) is 5. The van der Waals surface area contributed by atoms with E-state index in [9.17, 15) is 18.0 Å². The van der Waals surface area contributed by atoms with Crippen LogP contribution in [0, 0.1) is 0 Å². The molecule has 0 spiro atoms. The zero-order valence-corrected chi connectivity index (χ0v) is 19.0. The number of rotatable bonds is 5. The number of carbonyl (C=O) groups is 2. The Balaban J connectivity index is 1.45. The molecule has 162 valence electrons. The van der Waals surface area contributed by atoms with Crippen molar-refractivity contribution in [2.75, 3.05) is 19.6 Å². The van der Waals surface area contributed by atoms with Gasteiger partial charge in [0.1, 0.15) is 16.3 Å². The molecule has 0 unspecified atom stereocenters. The summed E-state index contributed by atoms with van der Waals surface area (Å²) in [4.78, 5) is 28.9. The van der Waals surface area contributed by atoms with Gasteiger partial charge in [-0.3, -0.25) is 9.59 Å². The van der Waals surface area contributed by atoms with Crippen molar-refractivity contribution in [3.63, 3.8) is 0 Å². The molecule has 30 heavy (non-hydrogen) atoms. The molecule has 0 aliphatic carbocycles. The van der Waals surface area contributed by atoms with Crippen molar-refractivity contribution in [3.05, 3.63) is 29.3 Å². The Kier molecular flexibility index (Phi) is 6.07. The maximum absolute atomic E-state index is 12.9. The monoisotopic (exact) mass is 469 g/mol. The highest BCUT2D eigenvalue weighted by Gasteiger charge is 2.40. The average Bonchev–Trinajstić information content (AvgIpc) is 3.31. The van der Waals surface area contributed by atoms with E-state index in [1.54, 1.807) is 36.1 Å². The molecule has 0 radical (unpaired) electrons. The third-order valence-electron chi connectivity index (χ3n) is 5.75. The summed E-state index contributed by atoms with van der Waals surface area (Å²) >= 11 is 7.12. The first kappa shape index (κ1) is 21.5. The van der Waals surface area contributed by atoms with Crippen molar-refractivity contribution in [1.29, 1.82) is 0 Å². The van der Waals surface area contributed by atoms with E-state index in [1.807, 2.05) is 0 Å². The van der Waals surface area contributed by atoms with Gasteiger partial charge in [0.05, 0.1) is 0 Å². The van der Waals surface area contributed by atoms with Gasteiger partial charge in [0.25, 0.3) is 10.0 Å². The molecular formula is C20H24ClN3O4S2. The number of halogens is 1. The molecule has 2 aliphatic rings. The molecule has 2 amide bonds. The van der Waals surface area contributed by atoms with E-state index < -0.39 is 22.1 Å². The third kappa shape index (κ3) is 4.21. The number of carbonyl (C=O) groups excluding carboxylic acids is 2. The summed E-state index contributed by atoms with van der Waals surface area (Å²) in [5, 5.41) is 1.28. The summed E-state index contributed by atoms with van der Waals surface area (Å²) in [5.41, 5.74) is 0. The summed E-state index contributed by atoms with van der Waals surface area (Å²) in [5.74, 6) is -0.409. The van der Waals surface area contributed by atoms with Crippen LogP contribution in [-0.2, 0) is 19.6 Å². The molecule has 2 saturated heterocycles. The highest BCUT2D eigenvalue weighted by atomic mass is 35.5. The quantitative estimate of drug-likeness (QED) is 0.729. The van der Waals surface area contributed by atoms with Gasteiger partial charge in [-0.1, -0.05) is 11.6 Å². The molecule has 2 aliphatic heterocycles. The second-order valence-electron chi connectivity index (χ2n) is 7.80. The first-order chi connectivity index (χ1) is 14.3. The fourth-order valence-corrected chi connectivity index (χ4v) is 6.87. The standard InChI is InChI=1S/C20H24ClN3O4S2/c1-13(19(25)23-8-3-2-4-9-23)24-10-7-16(20(24)26)22-30(27,28)18-12-14-11-15(21)5-6-17(14)29-18/h5-6,11-13,16,22H,2-4,7-10H2,1H3/t13-,16-/m0/s1. The van der Waals surface area contributed by atoms with Gasteiger partial charge in [0, 0.05) is 29.4 Å². The average molecular weight is 470 g/mol. The van der Waals surface area contributed by atoms with E-state index in [4.69, 9.17) is 11.6 Å². The highest BCUT2D eigenvalue weighted by molar-refractivity contribution is 7.91.